The Morgan fingerprint density at radius 2 is 0.926 bits per heavy atom. The molecule has 0 aliphatic heterocycles. The fourth-order valence-electron chi connectivity index (χ4n) is 1.57. The van der Waals surface area contributed by atoms with E-state index in [1.165, 1.54) is 0 Å². The van der Waals surface area contributed by atoms with Gasteiger partial charge in [0.15, 0.2) is 0 Å². The Kier molecular flexibility index (Phi) is 16.3. The molecule has 0 aliphatic rings. The first-order valence-corrected chi connectivity index (χ1v) is 11.8. The van der Waals surface area contributed by atoms with Crippen LogP contribution in [0.25, 0.3) is 0 Å². The Labute approximate surface area is 161 Å². The van der Waals surface area contributed by atoms with Gasteiger partial charge in [0.25, 0.3) is 20.2 Å². The van der Waals surface area contributed by atoms with Crippen LogP contribution in [-0.4, -0.2) is 106 Å². The van der Waals surface area contributed by atoms with Gasteiger partial charge in [-0.25, -0.2) is 0 Å². The SMILES string of the molecule is CS(=O)(=O)OCCOCCOCCOCCOCCOCCCS(=O)(=O)O. The molecule has 0 spiro atoms. The van der Waals surface area contributed by atoms with E-state index in [9.17, 15) is 16.8 Å². The van der Waals surface area contributed by atoms with E-state index in [1.54, 1.807) is 0 Å². The van der Waals surface area contributed by atoms with Gasteiger partial charge in [-0.2, -0.15) is 16.8 Å². The first kappa shape index (κ1) is 26.6. The van der Waals surface area contributed by atoms with Crippen LogP contribution in [0.1, 0.15) is 6.42 Å². The molecule has 0 atom stereocenters. The van der Waals surface area contributed by atoms with Crippen LogP contribution < -0.4 is 0 Å². The largest absolute Gasteiger partial charge is 0.379 e. The lowest BCUT2D eigenvalue weighted by Gasteiger charge is -2.08. The molecule has 0 saturated carbocycles. The lowest BCUT2D eigenvalue weighted by Crippen LogP contribution is -2.15. The summed E-state index contributed by atoms with van der Waals surface area (Å²) >= 11 is 0. The molecule has 0 saturated heterocycles. The third-order valence-electron chi connectivity index (χ3n) is 2.70. The van der Waals surface area contributed by atoms with Gasteiger partial charge >= 0.3 is 0 Å². The number of ether oxygens (including phenoxy) is 5. The minimum absolute atomic E-state index is 0.0163. The first-order valence-electron chi connectivity index (χ1n) is 8.39. The standard InChI is InChI=1S/C14H30O11S2/c1-26(15,16)25-13-12-24-11-10-23-9-8-22-7-6-21-5-4-20-3-2-14-27(17,18)19/h2-14H2,1H3,(H,17,18,19). The summed E-state index contributed by atoms with van der Waals surface area (Å²) in [5, 5.41) is 0. The monoisotopic (exact) mass is 438 g/mol. The fraction of sp³-hybridized carbons (Fsp3) is 1.00. The molecule has 27 heavy (non-hydrogen) atoms. The van der Waals surface area contributed by atoms with Crippen LogP contribution in [0.3, 0.4) is 0 Å². The Morgan fingerprint density at radius 3 is 1.26 bits per heavy atom. The van der Waals surface area contributed by atoms with Gasteiger partial charge in [-0.3, -0.25) is 8.74 Å². The number of rotatable bonds is 20. The lowest BCUT2D eigenvalue weighted by atomic mass is 10.5. The summed E-state index contributed by atoms with van der Waals surface area (Å²) in [5.74, 6) is -0.312. The van der Waals surface area contributed by atoms with E-state index < -0.39 is 20.2 Å². The summed E-state index contributed by atoms with van der Waals surface area (Å²) in [6.45, 7) is 3.43. The number of hydrogen-bond donors (Lipinski definition) is 1. The molecule has 0 heterocycles. The van der Waals surface area contributed by atoms with Crippen LogP contribution in [0.15, 0.2) is 0 Å². The van der Waals surface area contributed by atoms with Crippen molar-refractivity contribution in [3.63, 3.8) is 0 Å². The van der Waals surface area contributed by atoms with Gasteiger partial charge in [-0.1, -0.05) is 0 Å². The highest BCUT2D eigenvalue weighted by Gasteiger charge is 2.03. The average Bonchev–Trinajstić information content (AvgIpc) is 2.55. The third kappa shape index (κ3) is 25.6. The minimum Gasteiger partial charge on any atom is -0.379 e. The van der Waals surface area contributed by atoms with Crippen molar-refractivity contribution in [3.05, 3.63) is 0 Å². The van der Waals surface area contributed by atoms with Crippen LogP contribution in [-0.2, 0) is 48.1 Å². The highest BCUT2D eigenvalue weighted by molar-refractivity contribution is 7.86. The Balaban J connectivity index is 3.11. The predicted molar refractivity (Wildman–Crippen MR) is 95.9 cm³/mol. The normalized spacial score (nSPS) is 12.5. The van der Waals surface area contributed by atoms with Gasteiger partial charge in [0.1, 0.15) is 0 Å². The second-order valence-corrected chi connectivity index (χ2v) is 8.44. The van der Waals surface area contributed by atoms with Crippen LogP contribution in [0.4, 0.5) is 0 Å². The zero-order valence-corrected chi connectivity index (χ0v) is 17.2. The van der Waals surface area contributed by atoms with Gasteiger partial charge in [0.05, 0.1) is 78.1 Å². The molecular formula is C14H30O11S2. The van der Waals surface area contributed by atoms with Crippen molar-refractivity contribution in [2.75, 3.05) is 84.7 Å². The van der Waals surface area contributed by atoms with Gasteiger partial charge in [-0.05, 0) is 6.42 Å². The van der Waals surface area contributed by atoms with Crippen molar-refractivity contribution in [1.29, 1.82) is 0 Å². The zero-order chi connectivity index (χ0) is 20.4. The van der Waals surface area contributed by atoms with Crippen LogP contribution in [0, 0.1) is 0 Å². The van der Waals surface area contributed by atoms with Gasteiger partial charge in [0.2, 0.25) is 0 Å². The molecule has 0 fully saturated rings. The molecule has 0 unspecified atom stereocenters. The molecular weight excluding hydrogens is 408 g/mol. The lowest BCUT2D eigenvalue weighted by molar-refractivity contribution is -0.0125. The molecule has 0 rings (SSSR count). The Morgan fingerprint density at radius 1 is 0.593 bits per heavy atom. The van der Waals surface area contributed by atoms with Gasteiger partial charge in [-0.15, -0.1) is 0 Å². The van der Waals surface area contributed by atoms with E-state index in [4.69, 9.17) is 28.2 Å². The second kappa shape index (κ2) is 16.6. The topological polar surface area (TPSA) is 144 Å². The third-order valence-corrected chi connectivity index (χ3v) is 4.10. The molecule has 0 aromatic carbocycles. The maximum atomic E-state index is 10.7. The van der Waals surface area contributed by atoms with E-state index >= 15 is 0 Å². The van der Waals surface area contributed by atoms with Crippen molar-refractivity contribution < 1.29 is 49.3 Å². The molecule has 13 heteroatoms. The minimum atomic E-state index is -3.92. The van der Waals surface area contributed by atoms with Crippen molar-refractivity contribution in [2.24, 2.45) is 0 Å². The predicted octanol–water partition coefficient (Wildman–Crippen LogP) is -0.676. The zero-order valence-electron chi connectivity index (χ0n) is 15.5. The molecule has 11 nitrogen and oxygen atoms in total. The van der Waals surface area contributed by atoms with E-state index in [0.29, 0.717) is 52.9 Å². The summed E-state index contributed by atoms with van der Waals surface area (Å²) in [6, 6.07) is 0. The molecule has 0 bridgehead atoms. The Bertz CT molecular complexity index is 485. The molecule has 0 amide bonds. The molecule has 0 radical (unpaired) electrons. The van der Waals surface area contributed by atoms with Crippen molar-refractivity contribution in [3.8, 4) is 0 Å². The van der Waals surface area contributed by atoms with Crippen molar-refractivity contribution in [1.82, 2.24) is 0 Å². The Hall–Kier alpha value is -0.380. The van der Waals surface area contributed by atoms with E-state index in [2.05, 4.69) is 4.18 Å². The highest BCUT2D eigenvalue weighted by Crippen LogP contribution is 1.90. The number of hydrogen-bond acceptors (Lipinski definition) is 10. The molecule has 164 valence electrons. The quantitative estimate of drug-likeness (QED) is 0.147. The highest BCUT2D eigenvalue weighted by atomic mass is 32.2. The van der Waals surface area contributed by atoms with E-state index in [-0.39, 0.29) is 32.0 Å². The van der Waals surface area contributed by atoms with Crippen molar-refractivity contribution >= 4 is 20.2 Å². The summed E-state index contributed by atoms with van der Waals surface area (Å²) in [6.07, 6.45) is 1.22. The average molecular weight is 439 g/mol. The van der Waals surface area contributed by atoms with E-state index in [0.717, 1.165) is 6.26 Å². The second-order valence-electron chi connectivity index (χ2n) is 5.23. The fourth-order valence-corrected chi connectivity index (χ4v) is 2.42. The first-order chi connectivity index (χ1) is 12.7. The van der Waals surface area contributed by atoms with Crippen LogP contribution in [0.5, 0.6) is 0 Å². The van der Waals surface area contributed by atoms with Crippen LogP contribution in [0.2, 0.25) is 0 Å². The summed E-state index contributed by atoms with van der Waals surface area (Å²) < 4.78 is 81.3. The molecule has 0 aliphatic carbocycles. The summed E-state index contributed by atoms with van der Waals surface area (Å²) in [4.78, 5) is 0. The summed E-state index contributed by atoms with van der Waals surface area (Å²) in [5.41, 5.74) is 0. The van der Waals surface area contributed by atoms with Gasteiger partial charge in [0, 0.05) is 6.61 Å². The smallest absolute Gasteiger partial charge is 0.264 e. The maximum Gasteiger partial charge on any atom is 0.264 e. The molecule has 0 aromatic rings. The van der Waals surface area contributed by atoms with Crippen LogP contribution >= 0.6 is 0 Å². The van der Waals surface area contributed by atoms with Crippen molar-refractivity contribution in [2.45, 2.75) is 6.42 Å². The molecule has 1 N–H and O–H groups in total. The molecule has 0 aromatic heterocycles. The summed E-state index contributed by atoms with van der Waals surface area (Å²) in [7, 11) is -7.35. The maximum absolute atomic E-state index is 10.7. The van der Waals surface area contributed by atoms with E-state index in [1.807, 2.05) is 0 Å². The van der Waals surface area contributed by atoms with Gasteiger partial charge < -0.3 is 23.7 Å².